The Morgan fingerprint density at radius 2 is 2.11 bits per heavy atom. The first kappa shape index (κ1) is 11.7. The number of hydrogen-bond donors (Lipinski definition) is 3. The average molecular weight is 268 g/mol. The number of aromatic nitrogens is 1. The number of nitrogens with one attached hydrogen (secondary N) is 2. The predicted octanol–water partition coefficient (Wildman–Crippen LogP) is 3.32. The topological polar surface area (TPSA) is 74.8 Å². The summed E-state index contributed by atoms with van der Waals surface area (Å²) in [6, 6.07) is 13.7. The molecule has 0 aliphatic heterocycles. The molecular weight excluding hydrogens is 256 g/mol. The maximum absolute atomic E-state index is 7.51. The molecule has 94 valence electrons. The fourth-order valence-electron chi connectivity index (χ4n) is 1.88. The lowest BCUT2D eigenvalue weighted by Gasteiger charge is -2.06. The van der Waals surface area contributed by atoms with Crippen LogP contribution in [0.1, 0.15) is 4.88 Å². The molecule has 0 fully saturated rings. The molecule has 0 amide bonds. The molecule has 2 heterocycles. The minimum absolute atomic E-state index is 0.102. The van der Waals surface area contributed by atoms with Gasteiger partial charge in [0.15, 0.2) is 0 Å². The molecule has 2 aromatic heterocycles. The lowest BCUT2D eigenvalue weighted by Crippen LogP contribution is -2.08. The molecule has 0 bridgehead atoms. The van der Waals surface area contributed by atoms with Gasteiger partial charge < -0.3 is 11.1 Å². The number of nitrogens with zero attached hydrogens (tertiary/aromatic N) is 1. The van der Waals surface area contributed by atoms with Crippen LogP contribution in [0.15, 0.2) is 48.7 Å². The van der Waals surface area contributed by atoms with Gasteiger partial charge >= 0.3 is 0 Å². The van der Waals surface area contributed by atoms with Crippen molar-refractivity contribution >= 4 is 38.8 Å². The summed E-state index contributed by atoms with van der Waals surface area (Å²) in [4.78, 5) is 5.03. The van der Waals surface area contributed by atoms with Crippen molar-refractivity contribution in [2.45, 2.75) is 0 Å². The van der Waals surface area contributed by atoms with E-state index in [1.807, 2.05) is 42.5 Å². The second kappa shape index (κ2) is 4.70. The summed E-state index contributed by atoms with van der Waals surface area (Å²) in [5.41, 5.74) is 6.51. The van der Waals surface area contributed by atoms with Crippen LogP contribution >= 0.6 is 11.3 Å². The van der Waals surface area contributed by atoms with Gasteiger partial charge in [0.2, 0.25) is 0 Å². The summed E-state index contributed by atoms with van der Waals surface area (Å²) in [6.07, 6.45) is 1.75. The van der Waals surface area contributed by atoms with Gasteiger partial charge in [0.05, 0.1) is 4.88 Å². The predicted molar refractivity (Wildman–Crippen MR) is 80.4 cm³/mol. The summed E-state index contributed by atoms with van der Waals surface area (Å²) >= 11 is 1.52. The Morgan fingerprint density at radius 3 is 2.84 bits per heavy atom. The summed E-state index contributed by atoms with van der Waals surface area (Å²) in [5, 5.41) is 11.9. The van der Waals surface area contributed by atoms with Gasteiger partial charge in [0.25, 0.3) is 0 Å². The highest BCUT2D eigenvalue weighted by atomic mass is 32.1. The number of thiophene rings is 1. The molecule has 0 aliphatic rings. The standard InChI is InChI=1S/C14H12N4S/c15-14(16)12-8-9-10(4-3-5-11(9)19-12)18-13-6-1-2-7-17-13/h1-8H,(H3,15,16)(H,17,18). The maximum Gasteiger partial charge on any atom is 0.133 e. The Hall–Kier alpha value is -2.40. The molecule has 19 heavy (non-hydrogen) atoms. The van der Waals surface area contributed by atoms with Crippen LogP contribution in [0.25, 0.3) is 10.1 Å². The highest BCUT2D eigenvalue weighted by Gasteiger charge is 2.08. The highest BCUT2D eigenvalue weighted by Crippen LogP contribution is 2.32. The molecule has 0 atom stereocenters. The quantitative estimate of drug-likeness (QED) is 0.504. The largest absolute Gasteiger partial charge is 0.383 e. The normalized spacial score (nSPS) is 10.5. The lowest BCUT2D eigenvalue weighted by molar-refractivity contribution is 1.31. The van der Waals surface area contributed by atoms with E-state index in [-0.39, 0.29) is 5.84 Å². The van der Waals surface area contributed by atoms with Crippen molar-refractivity contribution in [2.24, 2.45) is 5.73 Å². The van der Waals surface area contributed by atoms with E-state index in [0.717, 1.165) is 26.5 Å². The van der Waals surface area contributed by atoms with Gasteiger partial charge in [-0.25, -0.2) is 4.98 Å². The average Bonchev–Trinajstić information content (AvgIpc) is 2.85. The zero-order valence-electron chi connectivity index (χ0n) is 10.1. The summed E-state index contributed by atoms with van der Waals surface area (Å²) in [7, 11) is 0. The second-order valence-corrected chi connectivity index (χ2v) is 5.17. The molecule has 3 rings (SSSR count). The summed E-state index contributed by atoms with van der Waals surface area (Å²) in [5.74, 6) is 0.899. The number of nitrogens with two attached hydrogens (primary N) is 1. The lowest BCUT2D eigenvalue weighted by atomic mass is 10.2. The Kier molecular flexibility index (Phi) is 2.89. The van der Waals surface area contributed by atoms with Crippen LogP contribution in [-0.2, 0) is 0 Å². The van der Waals surface area contributed by atoms with Gasteiger partial charge in [0, 0.05) is 22.0 Å². The number of fused-ring (bicyclic) bond motifs is 1. The van der Waals surface area contributed by atoms with E-state index in [9.17, 15) is 0 Å². The van der Waals surface area contributed by atoms with E-state index in [1.165, 1.54) is 11.3 Å². The molecule has 0 radical (unpaired) electrons. The van der Waals surface area contributed by atoms with E-state index in [0.29, 0.717) is 0 Å². The third-order valence-corrected chi connectivity index (χ3v) is 3.89. The number of hydrogen-bond acceptors (Lipinski definition) is 4. The Balaban J connectivity index is 2.06. The van der Waals surface area contributed by atoms with Crippen molar-refractivity contribution in [3.8, 4) is 0 Å². The smallest absolute Gasteiger partial charge is 0.133 e. The van der Waals surface area contributed by atoms with E-state index >= 15 is 0 Å². The third-order valence-electron chi connectivity index (χ3n) is 2.75. The Morgan fingerprint density at radius 1 is 1.21 bits per heavy atom. The van der Waals surface area contributed by atoms with Crippen LogP contribution in [0.4, 0.5) is 11.5 Å². The molecule has 0 saturated carbocycles. The molecule has 1 aromatic carbocycles. The van der Waals surface area contributed by atoms with Crippen LogP contribution < -0.4 is 11.1 Å². The first-order valence-electron chi connectivity index (χ1n) is 5.79. The summed E-state index contributed by atoms with van der Waals surface area (Å²) < 4.78 is 1.10. The number of anilines is 2. The first-order chi connectivity index (χ1) is 9.24. The molecule has 0 aliphatic carbocycles. The van der Waals surface area contributed by atoms with Crippen LogP contribution in [0.2, 0.25) is 0 Å². The fourth-order valence-corrected chi connectivity index (χ4v) is 2.83. The maximum atomic E-state index is 7.51. The van der Waals surface area contributed by atoms with Crippen LogP contribution in [0.5, 0.6) is 0 Å². The van der Waals surface area contributed by atoms with Crippen molar-refractivity contribution in [1.29, 1.82) is 5.41 Å². The second-order valence-electron chi connectivity index (χ2n) is 4.08. The molecule has 0 saturated heterocycles. The van der Waals surface area contributed by atoms with E-state index < -0.39 is 0 Å². The number of pyridine rings is 1. The van der Waals surface area contributed by atoms with E-state index in [4.69, 9.17) is 11.1 Å². The molecule has 4 nitrogen and oxygen atoms in total. The Labute approximate surface area is 114 Å². The van der Waals surface area contributed by atoms with Crippen LogP contribution in [-0.4, -0.2) is 10.8 Å². The molecule has 0 spiro atoms. The monoisotopic (exact) mass is 268 g/mol. The van der Waals surface area contributed by atoms with Crippen molar-refractivity contribution < 1.29 is 0 Å². The molecule has 0 unspecified atom stereocenters. The minimum atomic E-state index is 0.102. The van der Waals surface area contributed by atoms with Gasteiger partial charge in [-0.15, -0.1) is 11.3 Å². The SMILES string of the molecule is N=C(N)c1cc2c(Nc3ccccn3)cccc2s1. The number of nitrogen functional groups attached to an aromatic ring is 1. The first-order valence-corrected chi connectivity index (χ1v) is 6.61. The number of amidine groups is 1. The third kappa shape index (κ3) is 2.28. The van der Waals surface area contributed by atoms with Crippen molar-refractivity contribution in [2.75, 3.05) is 5.32 Å². The van der Waals surface area contributed by atoms with Crippen LogP contribution in [0, 0.1) is 5.41 Å². The van der Waals surface area contributed by atoms with Gasteiger partial charge in [-0.3, -0.25) is 5.41 Å². The van der Waals surface area contributed by atoms with Crippen molar-refractivity contribution in [3.63, 3.8) is 0 Å². The zero-order valence-corrected chi connectivity index (χ0v) is 10.9. The number of rotatable bonds is 3. The van der Waals surface area contributed by atoms with Gasteiger partial charge in [0.1, 0.15) is 11.7 Å². The molecule has 4 N–H and O–H groups in total. The van der Waals surface area contributed by atoms with E-state index in [2.05, 4.69) is 10.3 Å². The van der Waals surface area contributed by atoms with Gasteiger partial charge in [-0.1, -0.05) is 12.1 Å². The summed E-state index contributed by atoms with van der Waals surface area (Å²) in [6.45, 7) is 0. The fraction of sp³-hybridized carbons (Fsp3) is 0. The van der Waals surface area contributed by atoms with Crippen LogP contribution in [0.3, 0.4) is 0 Å². The van der Waals surface area contributed by atoms with Gasteiger partial charge in [-0.05, 0) is 30.3 Å². The zero-order chi connectivity index (χ0) is 13.2. The highest BCUT2D eigenvalue weighted by molar-refractivity contribution is 7.20. The van der Waals surface area contributed by atoms with Gasteiger partial charge in [-0.2, -0.15) is 0 Å². The minimum Gasteiger partial charge on any atom is -0.383 e. The molecular formula is C14H12N4S. The Bertz CT molecular complexity index is 734. The van der Waals surface area contributed by atoms with Crippen molar-refractivity contribution in [3.05, 3.63) is 53.5 Å². The van der Waals surface area contributed by atoms with E-state index in [1.54, 1.807) is 6.20 Å². The van der Waals surface area contributed by atoms with Crippen molar-refractivity contribution in [1.82, 2.24) is 4.98 Å². The molecule has 3 aromatic rings. The number of benzene rings is 1. The molecule has 5 heteroatoms.